The summed E-state index contributed by atoms with van der Waals surface area (Å²) in [7, 11) is -0.190. The minimum Gasteiger partial charge on any atom is -0.339 e. The standard InChI is InChI=1S/C9H15NSi/c1-3-10-11-9-7-5-4-6-8(9)2/h4-7,10H,3,11H2,1-2H3. The van der Waals surface area contributed by atoms with Gasteiger partial charge in [-0.05, 0) is 18.7 Å². The van der Waals surface area contributed by atoms with Crippen LogP contribution in [0.1, 0.15) is 12.5 Å². The highest BCUT2D eigenvalue weighted by molar-refractivity contribution is 6.51. The van der Waals surface area contributed by atoms with Crippen molar-refractivity contribution < 1.29 is 0 Å². The molecule has 0 fully saturated rings. The van der Waals surface area contributed by atoms with E-state index in [1.54, 1.807) is 0 Å². The molecule has 1 N–H and O–H groups in total. The molecular formula is C9H15NSi. The van der Waals surface area contributed by atoms with Gasteiger partial charge in [0, 0.05) is 0 Å². The van der Waals surface area contributed by atoms with Gasteiger partial charge < -0.3 is 4.98 Å². The molecule has 0 unspecified atom stereocenters. The van der Waals surface area contributed by atoms with E-state index in [9.17, 15) is 0 Å². The van der Waals surface area contributed by atoms with Crippen LogP contribution in [0.3, 0.4) is 0 Å². The number of nitrogens with one attached hydrogen (secondary N) is 1. The highest BCUT2D eigenvalue weighted by Gasteiger charge is 1.94. The van der Waals surface area contributed by atoms with Gasteiger partial charge in [0.15, 0.2) is 0 Å². The molecule has 0 heterocycles. The van der Waals surface area contributed by atoms with Crippen LogP contribution in [0.5, 0.6) is 0 Å². The van der Waals surface area contributed by atoms with Gasteiger partial charge in [-0.3, -0.25) is 0 Å². The fraction of sp³-hybridized carbons (Fsp3) is 0.333. The molecule has 0 atom stereocenters. The molecule has 1 nitrogen and oxygen atoms in total. The first-order chi connectivity index (χ1) is 5.34. The van der Waals surface area contributed by atoms with E-state index in [4.69, 9.17) is 0 Å². The first-order valence-corrected chi connectivity index (χ1v) is 5.51. The van der Waals surface area contributed by atoms with Crippen LogP contribution in [0.15, 0.2) is 24.3 Å². The maximum absolute atomic E-state index is 3.44. The zero-order valence-electron chi connectivity index (χ0n) is 7.22. The minimum absolute atomic E-state index is 0.190. The van der Waals surface area contributed by atoms with Crippen molar-refractivity contribution in [1.82, 2.24) is 4.98 Å². The number of rotatable bonds is 3. The van der Waals surface area contributed by atoms with Gasteiger partial charge in [0.1, 0.15) is 9.68 Å². The van der Waals surface area contributed by atoms with E-state index in [-0.39, 0.29) is 9.68 Å². The van der Waals surface area contributed by atoms with Gasteiger partial charge in [-0.25, -0.2) is 0 Å². The largest absolute Gasteiger partial charge is 0.339 e. The lowest BCUT2D eigenvalue weighted by Crippen LogP contribution is -2.31. The van der Waals surface area contributed by atoms with E-state index in [2.05, 4.69) is 43.1 Å². The molecule has 2 heteroatoms. The van der Waals surface area contributed by atoms with E-state index in [1.165, 1.54) is 10.8 Å². The van der Waals surface area contributed by atoms with Crippen molar-refractivity contribution in [2.45, 2.75) is 13.8 Å². The highest BCUT2D eigenvalue weighted by Crippen LogP contribution is 1.90. The first-order valence-electron chi connectivity index (χ1n) is 4.10. The van der Waals surface area contributed by atoms with Crippen LogP contribution >= 0.6 is 0 Å². The van der Waals surface area contributed by atoms with E-state index >= 15 is 0 Å². The molecule has 0 saturated heterocycles. The summed E-state index contributed by atoms with van der Waals surface area (Å²) >= 11 is 0. The third-order valence-electron chi connectivity index (χ3n) is 1.83. The average Bonchev–Trinajstić information content (AvgIpc) is 2.03. The molecule has 1 aromatic carbocycles. The topological polar surface area (TPSA) is 12.0 Å². The fourth-order valence-corrected chi connectivity index (χ4v) is 2.24. The molecule has 0 saturated carbocycles. The van der Waals surface area contributed by atoms with E-state index in [0.717, 1.165) is 6.54 Å². The molecule has 11 heavy (non-hydrogen) atoms. The Morgan fingerprint density at radius 2 is 2.09 bits per heavy atom. The van der Waals surface area contributed by atoms with Crippen molar-refractivity contribution in [3.63, 3.8) is 0 Å². The van der Waals surface area contributed by atoms with Crippen LogP contribution in [-0.2, 0) is 0 Å². The quantitative estimate of drug-likeness (QED) is 0.636. The predicted octanol–water partition coefficient (Wildman–Crippen LogP) is 0.314. The Bertz CT molecular complexity index is 223. The Hall–Kier alpha value is -0.603. The molecule has 1 rings (SSSR count). The summed E-state index contributed by atoms with van der Waals surface area (Å²) in [5, 5.41) is 1.54. The van der Waals surface area contributed by atoms with Gasteiger partial charge in [0.05, 0.1) is 0 Å². The second-order valence-electron chi connectivity index (χ2n) is 2.71. The SMILES string of the molecule is CCN[SiH2]c1ccccc1C. The Morgan fingerprint density at radius 3 is 2.73 bits per heavy atom. The summed E-state index contributed by atoms with van der Waals surface area (Å²) in [5.74, 6) is 0. The maximum atomic E-state index is 3.44. The molecule has 1 aromatic rings. The van der Waals surface area contributed by atoms with Crippen LogP contribution in [0, 0.1) is 6.92 Å². The minimum atomic E-state index is -0.190. The van der Waals surface area contributed by atoms with Crippen LogP contribution in [0.4, 0.5) is 0 Å². The second-order valence-corrected chi connectivity index (χ2v) is 4.32. The van der Waals surface area contributed by atoms with Crippen molar-refractivity contribution in [3.8, 4) is 0 Å². The Kier molecular flexibility index (Phi) is 3.33. The molecule has 0 aliphatic rings. The van der Waals surface area contributed by atoms with Gasteiger partial charge in [0.25, 0.3) is 0 Å². The number of hydrogen-bond acceptors (Lipinski definition) is 1. The first kappa shape index (κ1) is 8.49. The van der Waals surface area contributed by atoms with E-state index in [0.29, 0.717) is 0 Å². The molecule has 0 aromatic heterocycles. The van der Waals surface area contributed by atoms with Gasteiger partial charge in [-0.1, -0.05) is 36.8 Å². The lowest BCUT2D eigenvalue weighted by Gasteiger charge is -2.03. The third kappa shape index (κ3) is 2.48. The normalized spacial score (nSPS) is 11.1. The lowest BCUT2D eigenvalue weighted by molar-refractivity contribution is 1.01. The summed E-state index contributed by atoms with van der Waals surface area (Å²) in [5.41, 5.74) is 1.43. The molecule has 0 radical (unpaired) electrons. The van der Waals surface area contributed by atoms with Gasteiger partial charge >= 0.3 is 0 Å². The van der Waals surface area contributed by atoms with E-state index < -0.39 is 0 Å². The smallest absolute Gasteiger partial charge is 0.124 e. The fourth-order valence-electron chi connectivity index (χ4n) is 1.07. The average molecular weight is 165 g/mol. The summed E-state index contributed by atoms with van der Waals surface area (Å²) in [6, 6.07) is 8.62. The molecule has 60 valence electrons. The molecule has 0 amide bonds. The van der Waals surface area contributed by atoms with Crippen LogP contribution in [0.2, 0.25) is 0 Å². The van der Waals surface area contributed by atoms with Crippen molar-refractivity contribution in [2.24, 2.45) is 0 Å². The predicted molar refractivity (Wildman–Crippen MR) is 53.0 cm³/mol. The molecular weight excluding hydrogens is 150 g/mol. The maximum Gasteiger partial charge on any atom is 0.124 e. The summed E-state index contributed by atoms with van der Waals surface area (Å²) in [4.78, 5) is 3.44. The Morgan fingerprint density at radius 1 is 1.36 bits per heavy atom. The summed E-state index contributed by atoms with van der Waals surface area (Å²) in [6.45, 7) is 5.44. The molecule has 0 aliphatic carbocycles. The lowest BCUT2D eigenvalue weighted by atomic mass is 10.2. The van der Waals surface area contributed by atoms with Gasteiger partial charge in [-0.2, -0.15) is 0 Å². The highest BCUT2D eigenvalue weighted by atomic mass is 28.2. The number of benzene rings is 1. The monoisotopic (exact) mass is 165 g/mol. The Balaban J connectivity index is 2.62. The third-order valence-corrected chi connectivity index (χ3v) is 3.75. The zero-order valence-corrected chi connectivity index (χ0v) is 8.64. The summed E-state index contributed by atoms with van der Waals surface area (Å²) < 4.78 is 0. The van der Waals surface area contributed by atoms with Crippen molar-refractivity contribution in [2.75, 3.05) is 6.54 Å². The van der Waals surface area contributed by atoms with Gasteiger partial charge in [0.2, 0.25) is 0 Å². The second kappa shape index (κ2) is 4.31. The molecule has 0 spiro atoms. The van der Waals surface area contributed by atoms with Crippen LogP contribution < -0.4 is 10.2 Å². The number of aryl methyl sites for hydroxylation is 1. The molecule has 0 aliphatic heterocycles. The molecule has 0 bridgehead atoms. The van der Waals surface area contributed by atoms with Crippen LogP contribution in [-0.4, -0.2) is 16.2 Å². The van der Waals surface area contributed by atoms with Gasteiger partial charge in [-0.15, -0.1) is 0 Å². The van der Waals surface area contributed by atoms with E-state index in [1.807, 2.05) is 0 Å². The number of hydrogen-bond donors (Lipinski definition) is 1. The van der Waals surface area contributed by atoms with Crippen molar-refractivity contribution >= 4 is 14.9 Å². The van der Waals surface area contributed by atoms with Crippen molar-refractivity contribution in [3.05, 3.63) is 29.8 Å². The summed E-state index contributed by atoms with van der Waals surface area (Å²) in [6.07, 6.45) is 0. The zero-order chi connectivity index (χ0) is 8.10. The van der Waals surface area contributed by atoms with Crippen molar-refractivity contribution in [1.29, 1.82) is 0 Å². The Labute approximate surface area is 70.7 Å². The van der Waals surface area contributed by atoms with Crippen LogP contribution in [0.25, 0.3) is 0 Å².